The van der Waals surface area contributed by atoms with Crippen molar-refractivity contribution in [1.82, 2.24) is 18.8 Å². The quantitative estimate of drug-likeness (QED) is 0.201. The van der Waals surface area contributed by atoms with Crippen LogP contribution in [0, 0.1) is 5.82 Å². The van der Waals surface area contributed by atoms with Gasteiger partial charge < -0.3 is 23.5 Å². The Morgan fingerprint density at radius 1 is 0.830 bits per heavy atom. The maximum atomic E-state index is 13.7. The molecule has 4 aromatic carbocycles. The van der Waals surface area contributed by atoms with Crippen molar-refractivity contribution in [3.05, 3.63) is 132 Å². The van der Waals surface area contributed by atoms with Crippen molar-refractivity contribution >= 4 is 32.0 Å². The third-order valence-corrected chi connectivity index (χ3v) is 9.84. The molecule has 1 aliphatic rings. The molecule has 1 fully saturated rings. The lowest BCUT2D eigenvalue weighted by Crippen LogP contribution is -2.48. The predicted octanol–water partition coefficient (Wildman–Crippen LogP) is 6.12. The average molecular weight is 653 g/mol. The lowest BCUT2D eigenvalue weighted by atomic mass is 10.0. The summed E-state index contributed by atoms with van der Waals surface area (Å²) < 4.78 is 56.9. The molecule has 1 aliphatic heterocycles. The van der Waals surface area contributed by atoms with E-state index in [1.807, 2.05) is 67.7 Å². The lowest BCUT2D eigenvalue weighted by Gasteiger charge is -2.31. The van der Waals surface area contributed by atoms with Crippen LogP contribution in [0.5, 0.6) is 17.4 Å². The minimum absolute atomic E-state index is 0.0403. The zero-order valence-electron chi connectivity index (χ0n) is 25.7. The SMILES string of the molecule is CN1CCN(S(=O)(=O)Oc2c3cccnc3c(OC(c3ccccc3)c3ccccc3)c3c(O)n(Cc4ccc(F)cc4)cc23)CC1. The molecular formula is C36H33FN4O5S. The minimum Gasteiger partial charge on any atom is -0.494 e. The number of hydrogen-bond donors (Lipinski definition) is 1. The summed E-state index contributed by atoms with van der Waals surface area (Å²) in [5, 5.41) is 12.8. The Kier molecular flexibility index (Phi) is 8.27. The number of benzene rings is 4. The van der Waals surface area contributed by atoms with E-state index in [9.17, 15) is 17.9 Å². The molecule has 0 amide bonds. The highest BCUT2D eigenvalue weighted by molar-refractivity contribution is 7.84. The van der Waals surface area contributed by atoms with Crippen LogP contribution in [-0.2, 0) is 16.8 Å². The van der Waals surface area contributed by atoms with Gasteiger partial charge in [-0.05, 0) is 48.0 Å². The van der Waals surface area contributed by atoms with E-state index in [2.05, 4.69) is 9.88 Å². The van der Waals surface area contributed by atoms with Crippen molar-refractivity contribution in [2.75, 3.05) is 33.2 Å². The summed E-state index contributed by atoms with van der Waals surface area (Å²) in [4.78, 5) is 6.70. The second-order valence-electron chi connectivity index (χ2n) is 11.6. The summed E-state index contributed by atoms with van der Waals surface area (Å²) in [6, 6.07) is 28.8. The number of hydrogen-bond acceptors (Lipinski definition) is 7. The van der Waals surface area contributed by atoms with Gasteiger partial charge in [0.25, 0.3) is 0 Å². The first-order valence-electron chi connectivity index (χ1n) is 15.3. The fourth-order valence-electron chi connectivity index (χ4n) is 5.96. The fraction of sp³-hybridized carbons (Fsp3) is 0.194. The van der Waals surface area contributed by atoms with Gasteiger partial charge in [0.2, 0.25) is 5.88 Å². The molecular weight excluding hydrogens is 619 g/mol. The molecule has 240 valence electrons. The lowest BCUT2D eigenvalue weighted by molar-refractivity contribution is 0.212. The van der Waals surface area contributed by atoms with Gasteiger partial charge >= 0.3 is 10.3 Å². The first-order valence-corrected chi connectivity index (χ1v) is 16.7. The van der Waals surface area contributed by atoms with Crippen LogP contribution in [0.2, 0.25) is 0 Å². The summed E-state index contributed by atoms with van der Waals surface area (Å²) in [6.45, 7) is 1.89. The van der Waals surface area contributed by atoms with E-state index in [4.69, 9.17) is 8.92 Å². The number of halogens is 1. The van der Waals surface area contributed by atoms with Crippen molar-refractivity contribution < 1.29 is 26.8 Å². The summed E-state index contributed by atoms with van der Waals surface area (Å²) >= 11 is 0. The summed E-state index contributed by atoms with van der Waals surface area (Å²) in [7, 11) is -2.28. The molecule has 0 radical (unpaired) electrons. The van der Waals surface area contributed by atoms with Gasteiger partial charge in [-0.3, -0.25) is 4.98 Å². The Bertz CT molecular complexity index is 2090. The Hall–Kier alpha value is -4.97. The van der Waals surface area contributed by atoms with Gasteiger partial charge in [0, 0.05) is 44.0 Å². The molecule has 7 rings (SSSR count). The molecule has 0 saturated carbocycles. The van der Waals surface area contributed by atoms with E-state index in [1.54, 1.807) is 41.2 Å². The summed E-state index contributed by atoms with van der Waals surface area (Å²) in [6.07, 6.45) is 2.64. The monoisotopic (exact) mass is 652 g/mol. The number of fused-ring (bicyclic) bond motifs is 2. The Balaban J connectivity index is 1.44. The van der Waals surface area contributed by atoms with Crippen LogP contribution < -0.4 is 8.92 Å². The van der Waals surface area contributed by atoms with E-state index in [1.165, 1.54) is 16.4 Å². The second-order valence-corrected chi connectivity index (χ2v) is 13.2. The summed E-state index contributed by atoms with van der Waals surface area (Å²) in [5.41, 5.74) is 2.81. The van der Waals surface area contributed by atoms with Crippen molar-refractivity contribution in [1.29, 1.82) is 0 Å². The number of aromatic hydroxyl groups is 1. The number of likely N-dealkylation sites (N-methyl/N-ethyl adjacent to an activating group) is 1. The van der Waals surface area contributed by atoms with Crippen LogP contribution in [-0.4, -0.2) is 65.5 Å². The normalized spacial score (nSPS) is 14.6. The number of aromatic nitrogens is 2. The van der Waals surface area contributed by atoms with Gasteiger partial charge in [-0.2, -0.15) is 12.7 Å². The van der Waals surface area contributed by atoms with E-state index in [0.29, 0.717) is 29.4 Å². The second kappa shape index (κ2) is 12.7. The standard InChI is InChI=1S/C36H33FN4O5S/c1-39-19-21-41(22-20-39)47(43,44)46-34-29-13-8-18-38-32(29)35(45-33(26-9-4-2-5-10-26)27-11-6-3-7-12-27)31-30(34)24-40(36(31)42)23-25-14-16-28(37)17-15-25/h2-18,24,33,42H,19-23H2,1H3. The molecule has 1 N–H and O–H groups in total. The molecule has 0 bridgehead atoms. The molecule has 3 heterocycles. The Morgan fingerprint density at radius 3 is 2.11 bits per heavy atom. The van der Waals surface area contributed by atoms with Gasteiger partial charge in [-0.1, -0.05) is 72.8 Å². The van der Waals surface area contributed by atoms with Crippen LogP contribution in [0.1, 0.15) is 22.8 Å². The molecule has 0 aliphatic carbocycles. The van der Waals surface area contributed by atoms with Gasteiger partial charge in [-0.15, -0.1) is 0 Å². The van der Waals surface area contributed by atoms with E-state index in [-0.39, 0.29) is 48.2 Å². The molecule has 2 aromatic heterocycles. The number of nitrogens with zero attached hydrogens (tertiary/aromatic N) is 4. The van der Waals surface area contributed by atoms with Gasteiger partial charge in [0.1, 0.15) is 17.4 Å². The van der Waals surface area contributed by atoms with Gasteiger partial charge in [0.05, 0.1) is 17.3 Å². The largest absolute Gasteiger partial charge is 0.494 e. The van der Waals surface area contributed by atoms with Crippen molar-refractivity contribution in [3.8, 4) is 17.4 Å². The number of pyridine rings is 1. The zero-order valence-corrected chi connectivity index (χ0v) is 26.5. The Morgan fingerprint density at radius 2 is 1.47 bits per heavy atom. The minimum atomic E-state index is -4.23. The van der Waals surface area contributed by atoms with Crippen molar-refractivity contribution in [3.63, 3.8) is 0 Å². The van der Waals surface area contributed by atoms with Crippen molar-refractivity contribution in [2.24, 2.45) is 0 Å². The molecule has 9 nitrogen and oxygen atoms in total. The average Bonchev–Trinajstić information content (AvgIpc) is 3.41. The summed E-state index contributed by atoms with van der Waals surface area (Å²) in [5.74, 6) is -0.235. The maximum absolute atomic E-state index is 13.7. The van der Waals surface area contributed by atoms with Crippen LogP contribution in [0.15, 0.2) is 109 Å². The first kappa shape index (κ1) is 30.7. The molecule has 11 heteroatoms. The van der Waals surface area contributed by atoms with E-state index < -0.39 is 16.4 Å². The highest BCUT2D eigenvalue weighted by Crippen LogP contribution is 2.49. The Labute approximate surface area is 272 Å². The van der Waals surface area contributed by atoms with Crippen LogP contribution in [0.25, 0.3) is 21.7 Å². The fourth-order valence-corrected chi connectivity index (χ4v) is 7.06. The number of ether oxygens (including phenoxy) is 1. The molecule has 0 spiro atoms. The molecule has 47 heavy (non-hydrogen) atoms. The molecule has 6 aromatic rings. The van der Waals surface area contributed by atoms with Crippen LogP contribution >= 0.6 is 0 Å². The van der Waals surface area contributed by atoms with Gasteiger partial charge in [0.15, 0.2) is 11.5 Å². The molecule has 0 atom stereocenters. The van der Waals surface area contributed by atoms with E-state index in [0.717, 1.165) is 16.7 Å². The molecule has 0 unspecified atom stereocenters. The highest BCUT2D eigenvalue weighted by atomic mass is 32.2. The van der Waals surface area contributed by atoms with Crippen LogP contribution in [0.4, 0.5) is 4.39 Å². The highest BCUT2D eigenvalue weighted by Gasteiger charge is 2.32. The zero-order chi connectivity index (χ0) is 32.5. The van der Waals surface area contributed by atoms with Crippen molar-refractivity contribution in [2.45, 2.75) is 12.6 Å². The van der Waals surface area contributed by atoms with E-state index >= 15 is 0 Å². The third-order valence-electron chi connectivity index (χ3n) is 8.46. The number of piperazine rings is 1. The first-order chi connectivity index (χ1) is 22.8. The predicted molar refractivity (Wildman–Crippen MR) is 178 cm³/mol. The smallest absolute Gasteiger partial charge is 0.385 e. The molecule has 1 saturated heterocycles. The third kappa shape index (κ3) is 6.12. The van der Waals surface area contributed by atoms with Gasteiger partial charge in [-0.25, -0.2) is 4.39 Å². The topological polar surface area (TPSA) is 97.1 Å². The number of rotatable bonds is 9. The van der Waals surface area contributed by atoms with Crippen LogP contribution in [0.3, 0.4) is 0 Å². The maximum Gasteiger partial charge on any atom is 0.385 e.